The summed E-state index contributed by atoms with van der Waals surface area (Å²) in [5, 5.41) is 0. The van der Waals surface area contributed by atoms with Crippen molar-refractivity contribution in [3.8, 4) is 0 Å². The molecule has 124 valence electrons. The third-order valence-corrected chi connectivity index (χ3v) is 4.40. The van der Waals surface area contributed by atoms with Gasteiger partial charge in [0.05, 0.1) is 0 Å². The maximum absolute atomic E-state index is 5.82. The van der Waals surface area contributed by atoms with Gasteiger partial charge < -0.3 is 0 Å². The van der Waals surface area contributed by atoms with Crippen LogP contribution in [0.15, 0.2) is 77.4 Å². The van der Waals surface area contributed by atoms with Crippen molar-refractivity contribution in [2.24, 2.45) is 4.99 Å². The Labute approximate surface area is 155 Å². The van der Waals surface area contributed by atoms with E-state index in [9.17, 15) is 0 Å². The number of benzene rings is 2. The summed E-state index contributed by atoms with van der Waals surface area (Å²) in [5.74, 6) is 0. The second-order valence-electron chi connectivity index (χ2n) is 5.39. The molecule has 0 bridgehead atoms. The second-order valence-corrected chi connectivity index (χ2v) is 6.72. The number of rotatable bonds is 7. The van der Waals surface area contributed by atoms with Gasteiger partial charge in [-0.05, 0) is 0 Å². The number of hydrogen-bond acceptors (Lipinski definition) is 3. The fraction of sp³-hybridized carbons (Fsp3) is 0.200. The van der Waals surface area contributed by atoms with Gasteiger partial charge in [0.15, 0.2) is 0 Å². The van der Waals surface area contributed by atoms with E-state index in [1.165, 1.54) is 19.4 Å². The van der Waals surface area contributed by atoms with E-state index in [0.29, 0.717) is 6.61 Å². The number of ether oxygens (including phenoxy) is 1. The molecule has 0 aromatic heterocycles. The van der Waals surface area contributed by atoms with Gasteiger partial charge in [-0.1, -0.05) is 0 Å². The Morgan fingerprint density at radius 1 is 1.04 bits per heavy atom. The summed E-state index contributed by atoms with van der Waals surface area (Å²) in [6.45, 7) is 2.66. The van der Waals surface area contributed by atoms with Crippen LogP contribution in [0.4, 0.5) is 5.69 Å². The van der Waals surface area contributed by atoms with Gasteiger partial charge in [-0.15, -0.1) is 0 Å². The zero-order valence-electron chi connectivity index (χ0n) is 14.3. The summed E-state index contributed by atoms with van der Waals surface area (Å²) in [5.41, 5.74) is 3.95. The number of aliphatic imine (C=N–C) groups is 1. The molecule has 2 aromatic rings. The SMILES string of the molecule is CCO[C](=[W])/C(=C/N(C)C)C(=Nc1ccccc1)c1ccccc1. The molecule has 0 heterocycles. The second kappa shape index (κ2) is 9.46. The number of nitrogens with zero attached hydrogens (tertiary/aromatic N) is 2. The fourth-order valence-corrected chi connectivity index (χ4v) is 3.15. The molecule has 0 atom stereocenters. The van der Waals surface area contributed by atoms with E-state index < -0.39 is 0 Å². The molecular weight excluding hydrogens is 468 g/mol. The van der Waals surface area contributed by atoms with Crippen LogP contribution in [0.1, 0.15) is 12.5 Å². The van der Waals surface area contributed by atoms with E-state index in [1.54, 1.807) is 0 Å². The summed E-state index contributed by atoms with van der Waals surface area (Å²) < 4.78 is 6.77. The predicted octanol–water partition coefficient (Wildman–Crippen LogP) is 3.97. The molecule has 24 heavy (non-hydrogen) atoms. The van der Waals surface area contributed by atoms with E-state index >= 15 is 0 Å². The molecule has 2 rings (SSSR count). The van der Waals surface area contributed by atoms with Crippen LogP contribution in [-0.4, -0.2) is 35.4 Å². The van der Waals surface area contributed by atoms with Crippen LogP contribution in [0.3, 0.4) is 0 Å². The van der Waals surface area contributed by atoms with Crippen molar-refractivity contribution < 1.29 is 24.1 Å². The van der Waals surface area contributed by atoms with Crippen molar-refractivity contribution in [2.75, 3.05) is 20.7 Å². The molecule has 0 aliphatic heterocycles. The van der Waals surface area contributed by atoms with Crippen molar-refractivity contribution in [1.82, 2.24) is 4.90 Å². The molecular formula is C20H22N2OW. The van der Waals surface area contributed by atoms with E-state index in [4.69, 9.17) is 9.73 Å². The van der Waals surface area contributed by atoms with Crippen molar-refractivity contribution in [3.63, 3.8) is 0 Å². The van der Waals surface area contributed by atoms with Gasteiger partial charge in [0.2, 0.25) is 0 Å². The molecule has 0 N–H and O–H groups in total. The molecule has 0 radical (unpaired) electrons. The Balaban J connectivity index is 2.59. The molecule has 0 aliphatic rings. The third kappa shape index (κ3) is 5.36. The minimum absolute atomic E-state index is 0.650. The molecule has 0 saturated heterocycles. The first-order valence-electron chi connectivity index (χ1n) is 7.86. The van der Waals surface area contributed by atoms with Gasteiger partial charge in [0, 0.05) is 0 Å². The topological polar surface area (TPSA) is 24.8 Å². The zero-order chi connectivity index (χ0) is 17.4. The Kier molecular flexibility index (Phi) is 7.30. The van der Waals surface area contributed by atoms with Crippen LogP contribution >= 0.6 is 0 Å². The summed E-state index contributed by atoms with van der Waals surface area (Å²) >= 11 is 1.29. The first kappa shape index (κ1) is 18.5. The summed E-state index contributed by atoms with van der Waals surface area (Å²) in [6.07, 6.45) is 2.08. The van der Waals surface area contributed by atoms with E-state index in [2.05, 4.69) is 18.3 Å². The van der Waals surface area contributed by atoms with Gasteiger partial charge in [-0.2, -0.15) is 0 Å². The van der Waals surface area contributed by atoms with Gasteiger partial charge in [0.25, 0.3) is 0 Å². The fourth-order valence-electron chi connectivity index (χ4n) is 2.19. The van der Waals surface area contributed by atoms with Crippen molar-refractivity contribution in [2.45, 2.75) is 6.92 Å². The first-order valence-corrected chi connectivity index (χ1v) is 9.33. The Morgan fingerprint density at radius 2 is 1.62 bits per heavy atom. The predicted molar refractivity (Wildman–Crippen MR) is 97.5 cm³/mol. The molecule has 0 aliphatic carbocycles. The summed E-state index contributed by atoms with van der Waals surface area (Å²) in [7, 11) is 4.03. The van der Waals surface area contributed by atoms with Gasteiger partial charge in [-0.25, -0.2) is 0 Å². The summed E-state index contributed by atoms with van der Waals surface area (Å²) in [6, 6.07) is 20.3. The average Bonchev–Trinajstić information content (AvgIpc) is 2.59. The van der Waals surface area contributed by atoms with Crippen molar-refractivity contribution in [3.05, 3.63) is 78.0 Å². The Hall–Kier alpha value is -1.83. The van der Waals surface area contributed by atoms with Gasteiger partial charge in [-0.3, -0.25) is 0 Å². The quantitative estimate of drug-likeness (QED) is 0.550. The van der Waals surface area contributed by atoms with Crippen LogP contribution < -0.4 is 0 Å². The van der Waals surface area contributed by atoms with Crippen LogP contribution in [0.2, 0.25) is 0 Å². The van der Waals surface area contributed by atoms with Crippen molar-refractivity contribution in [1.29, 1.82) is 0 Å². The normalized spacial score (nSPS) is 12.1. The first-order chi connectivity index (χ1) is 11.6. The molecule has 2 aromatic carbocycles. The molecule has 3 nitrogen and oxygen atoms in total. The summed E-state index contributed by atoms with van der Waals surface area (Å²) in [4.78, 5) is 6.95. The zero-order valence-corrected chi connectivity index (χ0v) is 17.2. The van der Waals surface area contributed by atoms with Crippen LogP contribution in [0, 0.1) is 0 Å². The van der Waals surface area contributed by atoms with Gasteiger partial charge >= 0.3 is 155 Å². The monoisotopic (exact) mass is 490 g/mol. The maximum atomic E-state index is 5.82. The average molecular weight is 490 g/mol. The van der Waals surface area contributed by atoms with Crippen LogP contribution in [-0.2, 0) is 24.1 Å². The standard InChI is InChI=1S/C20H22N2O.W/c1-4-23-16-18(15-22(2)3)20(17-11-7-5-8-12-17)21-19-13-9-6-10-14-19;/h5-15H,4H2,1-3H3;/b18-15-,21-20?;. The molecule has 4 heteroatoms. The molecule has 0 amide bonds. The molecule has 0 spiro atoms. The van der Waals surface area contributed by atoms with E-state index in [0.717, 1.165) is 26.6 Å². The number of para-hydroxylation sites is 1. The molecule has 0 fully saturated rings. The van der Waals surface area contributed by atoms with Crippen LogP contribution in [0.5, 0.6) is 0 Å². The van der Waals surface area contributed by atoms with E-state index in [1.807, 2.05) is 74.4 Å². The third-order valence-electron chi connectivity index (χ3n) is 3.18. The van der Waals surface area contributed by atoms with Gasteiger partial charge in [0.1, 0.15) is 0 Å². The minimum atomic E-state index is 0.650. The van der Waals surface area contributed by atoms with E-state index in [-0.39, 0.29) is 0 Å². The molecule has 0 saturated carbocycles. The van der Waals surface area contributed by atoms with Crippen LogP contribution in [0.25, 0.3) is 0 Å². The molecule has 0 unspecified atom stereocenters. The number of hydrogen-bond donors (Lipinski definition) is 0. The Bertz CT molecular complexity index is 722. The Morgan fingerprint density at radius 3 is 2.17 bits per heavy atom. The van der Waals surface area contributed by atoms with Crippen molar-refractivity contribution >= 4 is 15.5 Å².